The molecule has 11 heteroatoms. The summed E-state index contributed by atoms with van der Waals surface area (Å²) in [5.41, 5.74) is 0.579. The molecular formula is C33H18N2O9-2. The average molecular weight is 587 g/mol. The quantitative estimate of drug-likeness (QED) is 0.241. The first-order valence-electron chi connectivity index (χ1n) is 13.1. The molecule has 0 fully saturated rings. The summed E-state index contributed by atoms with van der Waals surface area (Å²) in [4.78, 5) is 90.9. The Morgan fingerprint density at radius 1 is 0.477 bits per heavy atom. The van der Waals surface area contributed by atoms with Gasteiger partial charge in [0, 0.05) is 11.1 Å². The fourth-order valence-electron chi connectivity index (χ4n) is 5.32. The third-order valence-corrected chi connectivity index (χ3v) is 7.67. The molecule has 6 rings (SSSR count). The second kappa shape index (κ2) is 9.95. The van der Waals surface area contributed by atoms with E-state index in [-0.39, 0.29) is 55.9 Å². The number of anilines is 2. The average Bonchev–Trinajstić information content (AvgIpc) is 3.40. The van der Waals surface area contributed by atoms with Gasteiger partial charge in [0.2, 0.25) is 0 Å². The predicted octanol–water partition coefficient (Wildman–Crippen LogP) is 1.86. The number of hydrogen-bond acceptors (Lipinski definition) is 9. The third-order valence-electron chi connectivity index (χ3n) is 7.67. The molecule has 4 amide bonds. The number of rotatable bonds is 6. The highest BCUT2D eigenvalue weighted by Gasteiger charge is 2.40. The maximum Gasteiger partial charge on any atom is 0.266 e. The minimum Gasteiger partial charge on any atom is -0.545 e. The van der Waals surface area contributed by atoms with E-state index in [2.05, 4.69) is 0 Å². The maximum absolute atomic E-state index is 13.5. The Labute approximate surface area is 248 Å². The number of carbonyl (C=O) groups is 7. The van der Waals surface area contributed by atoms with Gasteiger partial charge in [-0.05, 0) is 72.5 Å². The van der Waals surface area contributed by atoms with Gasteiger partial charge in [-0.3, -0.25) is 24.0 Å². The molecule has 0 aliphatic carbocycles. The molecule has 11 nitrogen and oxygen atoms in total. The largest absolute Gasteiger partial charge is 0.545 e. The highest BCUT2D eigenvalue weighted by Crippen LogP contribution is 2.34. The lowest BCUT2D eigenvalue weighted by atomic mass is 9.96. The molecule has 0 saturated heterocycles. The summed E-state index contributed by atoms with van der Waals surface area (Å²) in [6.45, 7) is 3.21. The molecule has 44 heavy (non-hydrogen) atoms. The number of aryl methyl sites for hydroxylation is 2. The summed E-state index contributed by atoms with van der Waals surface area (Å²) in [5, 5.41) is 22.7. The molecule has 2 aliphatic heterocycles. The van der Waals surface area contributed by atoms with E-state index < -0.39 is 41.4 Å². The lowest BCUT2D eigenvalue weighted by Gasteiger charge is -2.18. The number of ketones is 1. The van der Waals surface area contributed by atoms with Crippen molar-refractivity contribution in [1.82, 2.24) is 0 Å². The Kier molecular flexibility index (Phi) is 6.31. The molecule has 4 aromatic rings. The van der Waals surface area contributed by atoms with E-state index in [1.807, 2.05) is 0 Å². The number of benzene rings is 4. The van der Waals surface area contributed by atoms with Crippen molar-refractivity contribution in [2.24, 2.45) is 0 Å². The summed E-state index contributed by atoms with van der Waals surface area (Å²) >= 11 is 0. The van der Waals surface area contributed by atoms with Crippen LogP contribution in [-0.2, 0) is 0 Å². The second-order valence-corrected chi connectivity index (χ2v) is 10.3. The number of nitrogens with zero attached hydrogens (tertiary/aromatic N) is 2. The number of carboxylic acids is 2. The van der Waals surface area contributed by atoms with Crippen LogP contribution in [0, 0.1) is 13.8 Å². The SMILES string of the molecule is Cc1ccc(C(=O)[O-])cc1N1C(=O)c2ccc(C(=O)c3ccc4c(c3)C(=O)N(c3cc(C(=O)[O-])ccc3C)C4=O)cc2C1=O. The number of imide groups is 2. The highest BCUT2D eigenvalue weighted by atomic mass is 16.4. The van der Waals surface area contributed by atoms with Crippen LogP contribution in [0.25, 0.3) is 0 Å². The van der Waals surface area contributed by atoms with Gasteiger partial charge in [-0.25, -0.2) is 9.80 Å². The number of amides is 4. The first kappa shape index (κ1) is 27.9. The van der Waals surface area contributed by atoms with Gasteiger partial charge in [0.1, 0.15) is 0 Å². The molecule has 0 saturated carbocycles. The van der Waals surface area contributed by atoms with E-state index in [1.54, 1.807) is 13.8 Å². The van der Waals surface area contributed by atoms with Gasteiger partial charge in [-0.2, -0.15) is 0 Å². The van der Waals surface area contributed by atoms with Crippen molar-refractivity contribution in [2.45, 2.75) is 13.8 Å². The summed E-state index contributed by atoms with van der Waals surface area (Å²) in [7, 11) is 0. The summed E-state index contributed by atoms with van der Waals surface area (Å²) in [6.07, 6.45) is 0. The van der Waals surface area contributed by atoms with Crippen LogP contribution < -0.4 is 20.0 Å². The number of hydrogen-bond donors (Lipinski definition) is 0. The molecule has 4 aromatic carbocycles. The van der Waals surface area contributed by atoms with Gasteiger partial charge in [-0.15, -0.1) is 0 Å². The van der Waals surface area contributed by atoms with E-state index in [0.717, 1.165) is 9.80 Å². The van der Waals surface area contributed by atoms with E-state index in [0.29, 0.717) is 11.1 Å². The molecule has 216 valence electrons. The maximum atomic E-state index is 13.5. The van der Waals surface area contributed by atoms with Crippen LogP contribution >= 0.6 is 0 Å². The van der Waals surface area contributed by atoms with Gasteiger partial charge >= 0.3 is 0 Å². The smallest absolute Gasteiger partial charge is 0.266 e. The van der Waals surface area contributed by atoms with Gasteiger partial charge in [0.05, 0.1) is 45.6 Å². The van der Waals surface area contributed by atoms with Crippen molar-refractivity contribution in [2.75, 3.05) is 9.80 Å². The molecule has 0 spiro atoms. The Bertz CT molecular complexity index is 1920. The van der Waals surface area contributed by atoms with Crippen molar-refractivity contribution in [3.63, 3.8) is 0 Å². The van der Waals surface area contributed by atoms with Crippen LogP contribution in [0.15, 0.2) is 72.8 Å². The molecule has 0 atom stereocenters. The minimum atomic E-state index is -1.48. The minimum absolute atomic E-state index is 0.0179. The van der Waals surface area contributed by atoms with Crippen LogP contribution in [0.2, 0.25) is 0 Å². The zero-order valence-electron chi connectivity index (χ0n) is 23.0. The predicted molar refractivity (Wildman–Crippen MR) is 150 cm³/mol. The standard InChI is InChI=1S/C33H20N2O9/c1-15-3-5-19(32(41)42)13-25(15)34-28(37)21-9-7-17(11-23(21)30(34)39)27(36)18-8-10-22-24(12-18)31(40)35(29(22)38)26-14-20(33(43)44)6-4-16(26)2/h3-14H,1-2H3,(H,41,42)(H,43,44)/p-2. The normalized spacial score (nSPS) is 13.8. The molecule has 2 aliphatic rings. The second-order valence-electron chi connectivity index (χ2n) is 10.3. The van der Waals surface area contributed by atoms with Crippen LogP contribution in [0.1, 0.15) is 89.2 Å². The lowest BCUT2D eigenvalue weighted by Crippen LogP contribution is -2.31. The number of carbonyl (C=O) groups excluding carboxylic acids is 7. The van der Waals surface area contributed by atoms with Crippen LogP contribution in [0.3, 0.4) is 0 Å². The first-order valence-corrected chi connectivity index (χ1v) is 13.1. The Hall–Kier alpha value is -6.23. The van der Waals surface area contributed by atoms with Crippen molar-refractivity contribution in [3.8, 4) is 0 Å². The monoisotopic (exact) mass is 586 g/mol. The summed E-state index contributed by atoms with van der Waals surface area (Å²) in [5.74, 6) is -6.44. The van der Waals surface area contributed by atoms with Crippen molar-refractivity contribution in [1.29, 1.82) is 0 Å². The molecule has 2 heterocycles. The fourth-order valence-corrected chi connectivity index (χ4v) is 5.32. The summed E-state index contributed by atoms with van der Waals surface area (Å²) < 4.78 is 0. The first-order chi connectivity index (χ1) is 20.9. The molecule has 0 radical (unpaired) electrons. The molecular weight excluding hydrogens is 568 g/mol. The van der Waals surface area contributed by atoms with E-state index >= 15 is 0 Å². The molecule has 0 unspecified atom stereocenters. The Morgan fingerprint density at radius 3 is 1.18 bits per heavy atom. The van der Waals surface area contributed by atoms with Crippen LogP contribution in [0.5, 0.6) is 0 Å². The van der Waals surface area contributed by atoms with Crippen molar-refractivity contribution in [3.05, 3.63) is 128 Å². The lowest BCUT2D eigenvalue weighted by molar-refractivity contribution is -0.256. The van der Waals surface area contributed by atoms with Gasteiger partial charge in [-0.1, -0.05) is 36.4 Å². The number of aromatic carboxylic acids is 2. The topological polar surface area (TPSA) is 172 Å². The molecule has 0 N–H and O–H groups in total. The zero-order valence-corrected chi connectivity index (χ0v) is 23.0. The van der Waals surface area contributed by atoms with E-state index in [9.17, 15) is 43.8 Å². The van der Waals surface area contributed by atoms with Gasteiger partial charge < -0.3 is 19.8 Å². The third kappa shape index (κ3) is 4.18. The van der Waals surface area contributed by atoms with Crippen LogP contribution in [0.4, 0.5) is 11.4 Å². The van der Waals surface area contributed by atoms with Crippen molar-refractivity contribution >= 4 is 52.7 Å². The number of carboxylic acid groups (broad SMARTS) is 2. The summed E-state index contributed by atoms with van der Waals surface area (Å²) in [6, 6.07) is 15.6. The molecule has 0 bridgehead atoms. The van der Waals surface area contributed by atoms with Gasteiger partial charge in [0.15, 0.2) is 5.78 Å². The molecule has 0 aromatic heterocycles. The van der Waals surface area contributed by atoms with E-state index in [4.69, 9.17) is 0 Å². The van der Waals surface area contributed by atoms with Crippen molar-refractivity contribution < 1.29 is 43.8 Å². The Morgan fingerprint density at radius 2 is 0.818 bits per heavy atom. The highest BCUT2D eigenvalue weighted by molar-refractivity contribution is 6.36. The van der Waals surface area contributed by atoms with Gasteiger partial charge in [0.25, 0.3) is 23.6 Å². The number of fused-ring (bicyclic) bond motifs is 2. The van der Waals surface area contributed by atoms with E-state index in [1.165, 1.54) is 72.8 Å². The van der Waals surface area contributed by atoms with Crippen LogP contribution in [-0.4, -0.2) is 41.4 Å². The zero-order chi connectivity index (χ0) is 31.6. The fraction of sp³-hybridized carbons (Fsp3) is 0.0606. The Balaban J connectivity index is 1.32.